The van der Waals surface area contributed by atoms with Crippen molar-refractivity contribution in [3.8, 4) is 0 Å². The van der Waals surface area contributed by atoms with Crippen molar-refractivity contribution in [3.63, 3.8) is 0 Å². The molecule has 0 amide bonds. The number of carbonyl (C=O) groups is 1. The first kappa shape index (κ1) is 5.95. The molecule has 2 heteroatoms. The van der Waals surface area contributed by atoms with Crippen LogP contribution in [0.5, 0.6) is 0 Å². The van der Waals surface area contributed by atoms with Crippen LogP contribution in [0.3, 0.4) is 0 Å². The molecule has 7 heavy (non-hydrogen) atoms. The van der Waals surface area contributed by atoms with Gasteiger partial charge in [-0.1, -0.05) is 6.58 Å². The zero-order chi connectivity index (χ0) is 5.70. The van der Waals surface area contributed by atoms with Gasteiger partial charge in [0.15, 0.2) is 0 Å². The van der Waals surface area contributed by atoms with E-state index in [1.807, 2.05) is 0 Å². The molecule has 0 saturated carbocycles. The topological polar surface area (TPSA) is 37.3 Å². The molecule has 0 saturated heterocycles. The standard InChI is InChI=1S/C5H6O2/c1-5(4-7)2-3-6/h2-4,6H,1H2/b3-2-. The zero-order valence-corrected chi connectivity index (χ0v) is 3.79. The Bertz CT molecular complexity index is 103. The molecule has 2 nitrogen and oxygen atoms in total. The van der Waals surface area contributed by atoms with E-state index in [0.717, 1.165) is 6.26 Å². The minimum Gasteiger partial charge on any atom is -0.516 e. The Kier molecular flexibility index (Phi) is 2.68. The van der Waals surface area contributed by atoms with Gasteiger partial charge in [-0.3, -0.25) is 4.79 Å². The van der Waals surface area contributed by atoms with Crippen LogP contribution in [-0.4, -0.2) is 11.4 Å². The summed E-state index contributed by atoms with van der Waals surface area (Å²) in [6.07, 6.45) is 2.55. The Hall–Kier alpha value is -1.05. The molecular formula is C5H6O2. The van der Waals surface area contributed by atoms with Gasteiger partial charge in [0.1, 0.15) is 6.29 Å². The predicted octanol–water partition coefficient (Wildman–Crippen LogP) is 0.813. The second-order valence-electron chi connectivity index (χ2n) is 1.01. The van der Waals surface area contributed by atoms with E-state index in [9.17, 15) is 4.79 Å². The van der Waals surface area contributed by atoms with Gasteiger partial charge in [-0.15, -0.1) is 0 Å². The molecule has 1 N–H and O–H groups in total. The van der Waals surface area contributed by atoms with Gasteiger partial charge in [-0.2, -0.15) is 0 Å². The molecule has 0 atom stereocenters. The monoisotopic (exact) mass is 98.0 g/mol. The van der Waals surface area contributed by atoms with Crippen LogP contribution < -0.4 is 0 Å². The lowest BCUT2D eigenvalue weighted by atomic mass is 10.3. The van der Waals surface area contributed by atoms with E-state index in [4.69, 9.17) is 5.11 Å². The van der Waals surface area contributed by atoms with Crippen LogP contribution in [0, 0.1) is 0 Å². The van der Waals surface area contributed by atoms with Crippen molar-refractivity contribution in [3.05, 3.63) is 24.5 Å². The van der Waals surface area contributed by atoms with Crippen molar-refractivity contribution in [1.29, 1.82) is 0 Å². The summed E-state index contributed by atoms with van der Waals surface area (Å²) < 4.78 is 0. The predicted molar refractivity (Wildman–Crippen MR) is 27.0 cm³/mol. The van der Waals surface area contributed by atoms with E-state index in [2.05, 4.69) is 6.58 Å². The first-order valence-electron chi connectivity index (χ1n) is 1.76. The third-order valence-electron chi connectivity index (χ3n) is 0.440. The van der Waals surface area contributed by atoms with Gasteiger partial charge in [0.05, 0.1) is 6.26 Å². The summed E-state index contributed by atoms with van der Waals surface area (Å²) in [6.45, 7) is 3.25. The van der Waals surface area contributed by atoms with Crippen molar-refractivity contribution < 1.29 is 9.90 Å². The van der Waals surface area contributed by atoms with Crippen LogP contribution in [0.4, 0.5) is 0 Å². The molecule has 0 aromatic heterocycles. The molecule has 0 rings (SSSR count). The highest BCUT2D eigenvalue weighted by atomic mass is 16.2. The second kappa shape index (κ2) is 3.15. The maximum Gasteiger partial charge on any atom is 0.149 e. The largest absolute Gasteiger partial charge is 0.516 e. The molecule has 0 bridgehead atoms. The van der Waals surface area contributed by atoms with Crippen molar-refractivity contribution in [2.45, 2.75) is 0 Å². The van der Waals surface area contributed by atoms with Crippen LogP contribution in [0.1, 0.15) is 0 Å². The van der Waals surface area contributed by atoms with Crippen LogP contribution in [-0.2, 0) is 4.79 Å². The van der Waals surface area contributed by atoms with Gasteiger partial charge in [0.25, 0.3) is 0 Å². The number of aldehydes is 1. The summed E-state index contributed by atoms with van der Waals surface area (Å²) in [7, 11) is 0. The minimum absolute atomic E-state index is 0.266. The van der Waals surface area contributed by atoms with Gasteiger partial charge < -0.3 is 5.11 Å². The third-order valence-corrected chi connectivity index (χ3v) is 0.440. The smallest absolute Gasteiger partial charge is 0.149 e. The summed E-state index contributed by atoms with van der Waals surface area (Å²) in [5, 5.41) is 7.97. The number of carbonyl (C=O) groups excluding carboxylic acids is 1. The number of rotatable bonds is 2. The number of aliphatic hydroxyl groups is 1. The fraction of sp³-hybridized carbons (Fsp3) is 0. The SMILES string of the molecule is C=C(C=O)/C=C\O. The van der Waals surface area contributed by atoms with Crippen molar-refractivity contribution >= 4 is 6.29 Å². The molecule has 0 radical (unpaired) electrons. The Labute approximate surface area is 41.8 Å². The summed E-state index contributed by atoms with van der Waals surface area (Å²) in [4.78, 5) is 9.63. The van der Waals surface area contributed by atoms with Gasteiger partial charge in [-0.25, -0.2) is 0 Å². The van der Waals surface area contributed by atoms with Gasteiger partial charge in [0.2, 0.25) is 0 Å². The normalized spacial score (nSPS) is 9.14. The summed E-state index contributed by atoms with van der Waals surface area (Å²) in [6, 6.07) is 0. The molecule has 0 unspecified atom stereocenters. The van der Waals surface area contributed by atoms with Gasteiger partial charge in [-0.05, 0) is 6.08 Å². The molecule has 0 aromatic rings. The number of hydrogen-bond acceptors (Lipinski definition) is 2. The molecule has 0 spiro atoms. The molecule has 0 heterocycles. The molecule has 0 aliphatic carbocycles. The maximum absolute atomic E-state index is 9.63. The van der Waals surface area contributed by atoms with E-state index in [1.54, 1.807) is 0 Å². The zero-order valence-electron chi connectivity index (χ0n) is 3.79. The van der Waals surface area contributed by atoms with E-state index >= 15 is 0 Å². The highest BCUT2D eigenvalue weighted by molar-refractivity contribution is 5.75. The molecule has 0 aliphatic heterocycles. The Balaban J connectivity index is 3.58. The molecule has 38 valence electrons. The quantitative estimate of drug-likeness (QED) is 0.240. The number of aliphatic hydroxyl groups excluding tert-OH is 1. The average Bonchev–Trinajstić information content (AvgIpc) is 1.68. The number of allylic oxidation sites excluding steroid dienone is 2. The molecular weight excluding hydrogens is 92.1 g/mol. The first-order valence-corrected chi connectivity index (χ1v) is 1.76. The van der Waals surface area contributed by atoms with E-state index in [1.165, 1.54) is 6.08 Å². The first-order chi connectivity index (χ1) is 3.31. The fourth-order valence-electron chi connectivity index (χ4n) is 0.135. The van der Waals surface area contributed by atoms with Crippen LogP contribution in [0.15, 0.2) is 24.5 Å². The van der Waals surface area contributed by atoms with Crippen molar-refractivity contribution in [2.24, 2.45) is 0 Å². The molecule has 0 aliphatic rings. The highest BCUT2D eigenvalue weighted by Gasteiger charge is 1.75. The Morgan fingerprint density at radius 1 is 1.71 bits per heavy atom. The summed E-state index contributed by atoms with van der Waals surface area (Å²) in [5.74, 6) is 0. The Morgan fingerprint density at radius 2 is 2.29 bits per heavy atom. The van der Waals surface area contributed by atoms with Crippen molar-refractivity contribution in [1.82, 2.24) is 0 Å². The fourth-order valence-corrected chi connectivity index (χ4v) is 0.135. The van der Waals surface area contributed by atoms with Gasteiger partial charge in [0, 0.05) is 5.57 Å². The van der Waals surface area contributed by atoms with E-state index in [0.29, 0.717) is 6.29 Å². The van der Waals surface area contributed by atoms with Crippen molar-refractivity contribution in [2.75, 3.05) is 0 Å². The lowest BCUT2D eigenvalue weighted by Gasteiger charge is -1.75. The van der Waals surface area contributed by atoms with Gasteiger partial charge >= 0.3 is 0 Å². The van der Waals surface area contributed by atoms with Crippen LogP contribution >= 0.6 is 0 Å². The summed E-state index contributed by atoms with van der Waals surface area (Å²) >= 11 is 0. The lowest BCUT2D eigenvalue weighted by Crippen LogP contribution is -1.71. The second-order valence-corrected chi connectivity index (χ2v) is 1.01. The van der Waals surface area contributed by atoms with E-state index in [-0.39, 0.29) is 5.57 Å². The number of hydrogen-bond donors (Lipinski definition) is 1. The molecule has 0 aromatic carbocycles. The Morgan fingerprint density at radius 3 is 2.43 bits per heavy atom. The van der Waals surface area contributed by atoms with E-state index < -0.39 is 0 Å². The maximum atomic E-state index is 9.63. The van der Waals surface area contributed by atoms with Crippen LogP contribution in [0.2, 0.25) is 0 Å². The minimum atomic E-state index is 0.266. The lowest BCUT2D eigenvalue weighted by molar-refractivity contribution is -0.104. The molecule has 0 fully saturated rings. The highest BCUT2D eigenvalue weighted by Crippen LogP contribution is 1.81. The van der Waals surface area contributed by atoms with Crippen LogP contribution in [0.25, 0.3) is 0 Å². The average molecular weight is 98.1 g/mol. The third kappa shape index (κ3) is 2.76. The summed E-state index contributed by atoms with van der Waals surface area (Å²) in [5.41, 5.74) is 0.266.